The highest BCUT2D eigenvalue weighted by molar-refractivity contribution is 6.20. The Morgan fingerprint density at radius 3 is 1.24 bits per heavy atom. The normalized spacial score (nSPS) is 16.3. The van der Waals surface area contributed by atoms with E-state index in [0.29, 0.717) is 0 Å². The molecule has 4 heteroatoms. The summed E-state index contributed by atoms with van der Waals surface area (Å²) < 4.78 is 0. The molecule has 17 rings (SSSR count). The predicted molar refractivity (Wildman–Crippen MR) is 337 cm³/mol. The van der Waals surface area contributed by atoms with Crippen LogP contribution < -0.4 is 9.80 Å². The molecule has 0 bridgehead atoms. The summed E-state index contributed by atoms with van der Waals surface area (Å²) in [5.74, 6) is 0. The van der Waals surface area contributed by atoms with Crippen LogP contribution in [0.25, 0.3) is 66.8 Å². The van der Waals surface area contributed by atoms with Gasteiger partial charge in [0, 0.05) is 56.6 Å². The first-order chi connectivity index (χ1) is 40.7. The molecule has 0 aliphatic heterocycles. The van der Waals surface area contributed by atoms with Crippen molar-refractivity contribution < 1.29 is 0 Å². The van der Waals surface area contributed by atoms with Crippen molar-refractivity contribution in [3.05, 3.63) is 348 Å². The first-order valence-corrected chi connectivity index (χ1v) is 28.3. The Labute approximate surface area is 476 Å². The van der Waals surface area contributed by atoms with Crippen molar-refractivity contribution in [2.75, 3.05) is 9.80 Å². The molecule has 4 aliphatic carbocycles. The maximum absolute atomic E-state index is 5.71. The summed E-state index contributed by atoms with van der Waals surface area (Å²) in [7, 11) is 0. The minimum absolute atomic E-state index is 0.789. The van der Waals surface area contributed by atoms with Crippen molar-refractivity contribution in [1.29, 1.82) is 0 Å². The molecule has 4 aliphatic rings. The third-order valence-electron chi connectivity index (χ3n) is 17.9. The number of benzene rings is 11. The zero-order chi connectivity index (χ0) is 53.9. The van der Waals surface area contributed by atoms with E-state index in [1.807, 2.05) is 6.20 Å². The molecule has 82 heavy (non-hydrogen) atoms. The van der Waals surface area contributed by atoms with Gasteiger partial charge in [-0.1, -0.05) is 218 Å². The van der Waals surface area contributed by atoms with Crippen LogP contribution in [-0.4, -0.2) is 9.97 Å². The lowest BCUT2D eigenvalue weighted by molar-refractivity contribution is 0.824. The van der Waals surface area contributed by atoms with E-state index < -0.39 is 10.8 Å². The summed E-state index contributed by atoms with van der Waals surface area (Å²) in [4.78, 5) is 16.0. The van der Waals surface area contributed by atoms with Gasteiger partial charge in [-0.15, -0.1) is 0 Å². The quantitative estimate of drug-likeness (QED) is 0.152. The minimum Gasteiger partial charge on any atom is -0.310 e. The van der Waals surface area contributed by atoms with Gasteiger partial charge in [0.15, 0.2) is 0 Å². The van der Waals surface area contributed by atoms with E-state index in [4.69, 9.17) is 9.97 Å². The molecule has 0 N–H and O–H groups in total. The summed E-state index contributed by atoms with van der Waals surface area (Å²) >= 11 is 0. The number of allylic oxidation sites excluding steroid dienone is 2. The average molecular weight is 1040 g/mol. The topological polar surface area (TPSA) is 32.3 Å². The van der Waals surface area contributed by atoms with Gasteiger partial charge in [-0.3, -0.25) is 4.98 Å². The Morgan fingerprint density at radius 2 is 0.695 bits per heavy atom. The van der Waals surface area contributed by atoms with Crippen LogP contribution in [-0.2, 0) is 10.8 Å². The number of rotatable bonds is 8. The Hall–Kier alpha value is -10.7. The fourth-order valence-corrected chi connectivity index (χ4v) is 14.8. The Kier molecular flexibility index (Phi) is 10.1. The van der Waals surface area contributed by atoms with Gasteiger partial charge >= 0.3 is 0 Å². The van der Waals surface area contributed by atoms with E-state index in [9.17, 15) is 0 Å². The molecule has 0 saturated carbocycles. The lowest BCUT2D eigenvalue weighted by atomic mass is 9.66. The van der Waals surface area contributed by atoms with Crippen LogP contribution in [0.4, 0.5) is 34.1 Å². The maximum atomic E-state index is 5.71. The first kappa shape index (κ1) is 46.3. The second-order valence-electron chi connectivity index (χ2n) is 21.9. The van der Waals surface area contributed by atoms with E-state index >= 15 is 0 Å². The molecule has 4 nitrogen and oxygen atoms in total. The number of aromatic nitrogens is 2. The molecule has 0 saturated heterocycles. The van der Waals surface area contributed by atoms with Gasteiger partial charge in [0.25, 0.3) is 0 Å². The number of nitrogens with zero attached hydrogens (tertiary/aromatic N) is 4. The van der Waals surface area contributed by atoms with E-state index in [-0.39, 0.29) is 0 Å². The molecule has 11 aromatic carbocycles. The minimum atomic E-state index is -0.816. The van der Waals surface area contributed by atoms with Crippen molar-refractivity contribution in [1.82, 2.24) is 9.97 Å². The third-order valence-corrected chi connectivity index (χ3v) is 17.9. The van der Waals surface area contributed by atoms with Crippen molar-refractivity contribution in [2.45, 2.75) is 10.8 Å². The number of pyridine rings is 2. The summed E-state index contributed by atoms with van der Waals surface area (Å²) in [6.07, 6.45) is 1.97. The van der Waals surface area contributed by atoms with Crippen LogP contribution in [0, 0.1) is 0 Å². The lowest BCUT2D eigenvalue weighted by Crippen LogP contribution is -2.29. The summed E-state index contributed by atoms with van der Waals surface area (Å²) in [6, 6.07) is 110. The molecular formula is C78H50N4. The van der Waals surface area contributed by atoms with Crippen molar-refractivity contribution in [3.63, 3.8) is 0 Å². The fraction of sp³-hybridized carbons (Fsp3) is 0.0256. The standard InChI is InChI=1S/C78H50N4/c1-5-24-51(25-6-1)58-33-16-21-41-71(58)81(54-29-9-3-10-30-54)56-43-45-60-67(49-56)77(64-37-18-14-35-62(64)75-66(77)39-23-47-79-75)73-61-46-44-57(82(55-31-11-4-12-32-55)72-42-22-17-34-59(72)52-26-7-2-8-27-52)50-68(61)78(74(60)73)65-38-19-15-36-63(65)76-69(78)48-53-28-13-20-40-70(53)80-76/h1-50H. The highest BCUT2D eigenvalue weighted by atomic mass is 15.2. The van der Waals surface area contributed by atoms with Crippen LogP contribution in [0.5, 0.6) is 0 Å². The molecule has 2 spiro atoms. The van der Waals surface area contributed by atoms with Gasteiger partial charge in [0.05, 0.1) is 39.1 Å². The molecule has 382 valence electrons. The summed E-state index contributed by atoms with van der Waals surface area (Å²) in [6.45, 7) is 0. The Morgan fingerprint density at radius 1 is 0.268 bits per heavy atom. The molecule has 2 unspecified atom stereocenters. The highest BCUT2D eigenvalue weighted by Gasteiger charge is 2.64. The largest absolute Gasteiger partial charge is 0.310 e. The van der Waals surface area contributed by atoms with E-state index in [1.165, 1.54) is 55.7 Å². The molecule has 2 heterocycles. The predicted octanol–water partition coefficient (Wildman–Crippen LogP) is 19.5. The number of hydrogen-bond acceptors (Lipinski definition) is 4. The number of para-hydroxylation sites is 5. The molecule has 0 amide bonds. The van der Waals surface area contributed by atoms with Crippen LogP contribution in [0.3, 0.4) is 0 Å². The van der Waals surface area contributed by atoms with Crippen LogP contribution >= 0.6 is 0 Å². The van der Waals surface area contributed by atoms with Crippen LogP contribution in [0.1, 0.15) is 44.5 Å². The second-order valence-corrected chi connectivity index (χ2v) is 21.9. The van der Waals surface area contributed by atoms with Crippen LogP contribution in [0.15, 0.2) is 303 Å². The first-order valence-electron chi connectivity index (χ1n) is 28.3. The molecule has 0 fully saturated rings. The Bertz CT molecular complexity index is 4710. The average Bonchev–Trinajstić information content (AvgIpc) is 1.75. The van der Waals surface area contributed by atoms with Gasteiger partial charge < -0.3 is 9.80 Å². The molecular weight excluding hydrogens is 993 g/mol. The van der Waals surface area contributed by atoms with Crippen LogP contribution in [0.2, 0.25) is 0 Å². The Balaban J connectivity index is 1.00. The monoisotopic (exact) mass is 1040 g/mol. The van der Waals surface area contributed by atoms with E-state index in [1.54, 1.807) is 0 Å². The highest BCUT2D eigenvalue weighted by Crippen LogP contribution is 2.75. The smallest absolute Gasteiger partial charge is 0.0761 e. The SMILES string of the molecule is c1ccc(-c2ccccc2N(c2ccccc2)c2ccc3c(c2)C2(C4=C3C3(c5cc(N(c6ccccc6)c6ccccc6-c6ccccc6)ccc54)c4ccccc4-c4nc5ccccc5cc43)c3ccccc3-c3ncccc32)cc1. The van der Waals surface area contributed by atoms with Gasteiger partial charge in [0.2, 0.25) is 0 Å². The lowest BCUT2D eigenvalue weighted by Gasteiger charge is -2.36. The van der Waals surface area contributed by atoms with Gasteiger partial charge in [-0.2, -0.15) is 0 Å². The molecule has 13 aromatic rings. The second kappa shape index (κ2) is 17.9. The van der Waals surface area contributed by atoms with Gasteiger partial charge in [-0.25, -0.2) is 4.98 Å². The van der Waals surface area contributed by atoms with Crippen molar-refractivity contribution in [2.24, 2.45) is 0 Å². The number of fused-ring (bicyclic) bond motifs is 19. The van der Waals surface area contributed by atoms with Crippen molar-refractivity contribution in [3.8, 4) is 44.8 Å². The molecule has 2 atom stereocenters. The zero-order valence-corrected chi connectivity index (χ0v) is 44.7. The third kappa shape index (κ3) is 6.37. The number of anilines is 6. The summed E-state index contributed by atoms with van der Waals surface area (Å²) in [5.41, 5.74) is 27.2. The van der Waals surface area contributed by atoms with E-state index in [0.717, 1.165) is 89.8 Å². The van der Waals surface area contributed by atoms with Gasteiger partial charge in [0.1, 0.15) is 0 Å². The maximum Gasteiger partial charge on any atom is 0.0761 e. The van der Waals surface area contributed by atoms with Gasteiger partial charge in [-0.05, 0) is 146 Å². The molecule has 2 aromatic heterocycles. The fourth-order valence-electron chi connectivity index (χ4n) is 14.8. The summed E-state index contributed by atoms with van der Waals surface area (Å²) in [5, 5.41) is 1.11. The molecule has 0 radical (unpaired) electrons. The zero-order valence-electron chi connectivity index (χ0n) is 44.7. The van der Waals surface area contributed by atoms with Crippen molar-refractivity contribution >= 4 is 56.2 Å². The van der Waals surface area contributed by atoms with E-state index in [2.05, 4.69) is 307 Å². The number of hydrogen-bond donors (Lipinski definition) is 0.